The highest BCUT2D eigenvalue weighted by Crippen LogP contribution is 2.39. The molecule has 1 aliphatic rings. The molecule has 92 valence electrons. The van der Waals surface area contributed by atoms with Crippen LogP contribution in [0.5, 0.6) is 0 Å². The Labute approximate surface area is 108 Å². The van der Waals surface area contributed by atoms with Gasteiger partial charge in [0.05, 0.1) is 0 Å². The van der Waals surface area contributed by atoms with Crippen LogP contribution in [0, 0.1) is 29.2 Å². The van der Waals surface area contributed by atoms with Gasteiger partial charge in [-0.25, -0.2) is 0 Å². The molecule has 17 heavy (non-hydrogen) atoms. The summed E-state index contributed by atoms with van der Waals surface area (Å²) in [4.78, 5) is 0. The van der Waals surface area contributed by atoms with Gasteiger partial charge in [0, 0.05) is 19.3 Å². The van der Waals surface area contributed by atoms with E-state index < -0.39 is 8.07 Å². The zero-order chi connectivity index (χ0) is 12.7. The van der Waals surface area contributed by atoms with Gasteiger partial charge in [0.1, 0.15) is 8.07 Å². The summed E-state index contributed by atoms with van der Waals surface area (Å²) >= 11 is 0. The molecule has 0 nitrogen and oxygen atoms in total. The minimum absolute atomic E-state index is 0.798. The van der Waals surface area contributed by atoms with Crippen molar-refractivity contribution < 1.29 is 0 Å². The summed E-state index contributed by atoms with van der Waals surface area (Å²) in [6, 6.07) is 0. The summed E-state index contributed by atoms with van der Waals surface area (Å²) in [6.07, 6.45) is 6.66. The van der Waals surface area contributed by atoms with Crippen LogP contribution < -0.4 is 0 Å². The van der Waals surface area contributed by atoms with Crippen molar-refractivity contribution in [2.24, 2.45) is 5.92 Å². The molecule has 1 saturated carbocycles. The van der Waals surface area contributed by atoms with Gasteiger partial charge >= 0.3 is 0 Å². The third-order valence-electron chi connectivity index (χ3n) is 2.74. The van der Waals surface area contributed by atoms with Gasteiger partial charge in [-0.2, -0.15) is 0 Å². The molecular weight excluding hydrogens is 220 g/mol. The first-order valence-electron chi connectivity index (χ1n) is 6.62. The smallest absolute Gasteiger partial charge is 0.129 e. The second-order valence-corrected chi connectivity index (χ2v) is 10.6. The van der Waals surface area contributed by atoms with Crippen LogP contribution in [0.2, 0.25) is 19.6 Å². The third kappa shape index (κ3) is 7.89. The number of hydrogen-bond donors (Lipinski definition) is 0. The zero-order valence-electron chi connectivity index (χ0n) is 11.5. The third-order valence-corrected chi connectivity index (χ3v) is 3.66. The highest BCUT2D eigenvalue weighted by Gasteiger charge is 2.25. The number of hydrogen-bond acceptors (Lipinski definition) is 0. The van der Waals surface area contributed by atoms with E-state index in [-0.39, 0.29) is 0 Å². The Morgan fingerprint density at radius 1 is 1.12 bits per heavy atom. The van der Waals surface area contributed by atoms with Crippen LogP contribution in [0.3, 0.4) is 0 Å². The van der Waals surface area contributed by atoms with Crippen molar-refractivity contribution in [3.05, 3.63) is 12.2 Å². The average Bonchev–Trinajstić information content (AvgIpc) is 2.90. The Kier molecular flexibility index (Phi) is 5.59. The number of rotatable bonds is 4. The predicted molar refractivity (Wildman–Crippen MR) is 79.2 cm³/mol. The summed E-state index contributed by atoms with van der Waals surface area (Å²) in [5.74, 6) is 10.6. The molecule has 0 aliphatic heterocycles. The van der Waals surface area contributed by atoms with Crippen molar-refractivity contribution in [3.63, 3.8) is 0 Å². The predicted octanol–water partition coefficient (Wildman–Crippen LogP) is 4.40. The van der Waals surface area contributed by atoms with Crippen LogP contribution in [-0.4, -0.2) is 8.07 Å². The molecular formula is C16H24Si. The van der Waals surface area contributed by atoms with E-state index in [1.807, 2.05) is 0 Å². The first-order chi connectivity index (χ1) is 7.99. The minimum atomic E-state index is -1.16. The van der Waals surface area contributed by atoms with Gasteiger partial charge in [-0.1, -0.05) is 31.8 Å². The van der Waals surface area contributed by atoms with Gasteiger partial charge in [-0.15, -0.1) is 23.3 Å². The summed E-state index contributed by atoms with van der Waals surface area (Å²) in [5, 5.41) is 0. The first kappa shape index (κ1) is 14.1. The van der Waals surface area contributed by atoms with Crippen molar-refractivity contribution in [2.75, 3.05) is 0 Å². The first-order valence-corrected chi connectivity index (χ1v) is 10.1. The van der Waals surface area contributed by atoms with Gasteiger partial charge in [-0.3, -0.25) is 0 Å². The zero-order valence-corrected chi connectivity index (χ0v) is 12.5. The molecule has 0 aromatic rings. The van der Waals surface area contributed by atoms with E-state index in [1.165, 1.54) is 18.4 Å². The lowest BCUT2D eigenvalue weighted by Crippen LogP contribution is -2.16. The molecule has 0 saturated heterocycles. The van der Waals surface area contributed by atoms with Gasteiger partial charge in [0.15, 0.2) is 0 Å². The van der Waals surface area contributed by atoms with Gasteiger partial charge in [0.2, 0.25) is 0 Å². The standard InChI is InChI=1S/C16H24Si/c1-15-14-16(15)12-10-8-6-5-7-9-11-13-17(2,3)4/h16H,1,5,7,9-10,12,14H2,2-4H3. The van der Waals surface area contributed by atoms with Crippen LogP contribution in [0.15, 0.2) is 12.2 Å². The molecule has 0 radical (unpaired) electrons. The Morgan fingerprint density at radius 2 is 1.71 bits per heavy atom. The molecule has 0 bridgehead atoms. The van der Waals surface area contributed by atoms with E-state index in [1.54, 1.807) is 0 Å². The molecule has 1 rings (SSSR count). The molecule has 0 amide bonds. The minimum Gasteiger partial charge on any atom is -0.132 e. The van der Waals surface area contributed by atoms with Crippen molar-refractivity contribution in [2.45, 2.75) is 58.2 Å². The van der Waals surface area contributed by atoms with E-state index in [0.29, 0.717) is 0 Å². The van der Waals surface area contributed by atoms with E-state index in [9.17, 15) is 0 Å². The van der Waals surface area contributed by atoms with Gasteiger partial charge in [0.25, 0.3) is 0 Å². The second kappa shape index (κ2) is 6.73. The molecule has 1 heteroatoms. The van der Waals surface area contributed by atoms with E-state index in [2.05, 4.69) is 49.5 Å². The van der Waals surface area contributed by atoms with Crippen molar-refractivity contribution in [3.8, 4) is 23.3 Å². The second-order valence-electron chi connectivity index (χ2n) is 5.86. The Hall–Kier alpha value is -0.923. The number of allylic oxidation sites excluding steroid dienone is 1. The Bertz CT molecular complexity index is 376. The molecule has 0 heterocycles. The van der Waals surface area contributed by atoms with Gasteiger partial charge in [-0.05, 0) is 25.2 Å². The fraction of sp³-hybridized carbons (Fsp3) is 0.625. The quantitative estimate of drug-likeness (QED) is 0.298. The fourth-order valence-corrected chi connectivity index (χ4v) is 2.24. The van der Waals surface area contributed by atoms with Crippen LogP contribution >= 0.6 is 0 Å². The lowest BCUT2D eigenvalue weighted by atomic mass is 10.2. The lowest BCUT2D eigenvalue weighted by Gasteiger charge is -2.02. The molecule has 0 spiro atoms. The molecule has 1 atom stereocenters. The highest BCUT2D eigenvalue weighted by atomic mass is 28.3. The van der Waals surface area contributed by atoms with Crippen molar-refractivity contribution in [1.29, 1.82) is 0 Å². The fourth-order valence-electron chi connectivity index (χ4n) is 1.58. The maximum atomic E-state index is 3.96. The maximum absolute atomic E-state index is 3.96. The summed E-state index contributed by atoms with van der Waals surface area (Å²) < 4.78 is 0. The van der Waals surface area contributed by atoms with Crippen LogP contribution in [0.4, 0.5) is 0 Å². The molecule has 1 aliphatic carbocycles. The van der Waals surface area contributed by atoms with E-state index >= 15 is 0 Å². The lowest BCUT2D eigenvalue weighted by molar-refractivity contribution is 0.774. The van der Waals surface area contributed by atoms with Crippen LogP contribution in [-0.2, 0) is 0 Å². The Morgan fingerprint density at radius 3 is 2.29 bits per heavy atom. The average molecular weight is 244 g/mol. The van der Waals surface area contributed by atoms with Crippen LogP contribution in [0.1, 0.15) is 38.5 Å². The SMILES string of the molecule is C=C1CC1CCC#CCCCC#C[Si](C)(C)C. The molecule has 1 unspecified atom stereocenters. The molecule has 1 fully saturated rings. The monoisotopic (exact) mass is 244 g/mol. The van der Waals surface area contributed by atoms with Crippen LogP contribution in [0.25, 0.3) is 0 Å². The molecule has 0 aromatic heterocycles. The topological polar surface area (TPSA) is 0 Å². The van der Waals surface area contributed by atoms with Crippen molar-refractivity contribution in [1.82, 2.24) is 0 Å². The largest absolute Gasteiger partial charge is 0.132 e. The van der Waals surface area contributed by atoms with Crippen molar-refractivity contribution >= 4 is 8.07 Å². The molecule has 0 aromatic carbocycles. The van der Waals surface area contributed by atoms with E-state index in [0.717, 1.165) is 31.6 Å². The summed E-state index contributed by atoms with van der Waals surface area (Å²) in [5.41, 5.74) is 4.81. The van der Waals surface area contributed by atoms with Gasteiger partial charge < -0.3 is 0 Å². The summed E-state index contributed by atoms with van der Waals surface area (Å²) in [7, 11) is -1.16. The van der Waals surface area contributed by atoms with E-state index in [4.69, 9.17) is 0 Å². The Balaban J connectivity index is 1.98. The normalized spacial score (nSPS) is 17.8. The highest BCUT2D eigenvalue weighted by molar-refractivity contribution is 6.83. The number of unbranched alkanes of at least 4 members (excludes halogenated alkanes) is 2. The molecule has 0 N–H and O–H groups in total. The maximum Gasteiger partial charge on any atom is 0.129 e. The summed E-state index contributed by atoms with van der Waals surface area (Å²) in [6.45, 7) is 10.8.